The van der Waals surface area contributed by atoms with Gasteiger partial charge in [0.1, 0.15) is 0 Å². The van der Waals surface area contributed by atoms with E-state index in [-0.39, 0.29) is 12.5 Å². The Morgan fingerprint density at radius 1 is 1.07 bits per heavy atom. The third-order valence-electron chi connectivity index (χ3n) is 4.56. The van der Waals surface area contributed by atoms with Gasteiger partial charge in [-0.25, -0.2) is 4.79 Å². The summed E-state index contributed by atoms with van der Waals surface area (Å²) in [5.41, 5.74) is 2.45. The second-order valence-corrected chi connectivity index (χ2v) is 6.47. The summed E-state index contributed by atoms with van der Waals surface area (Å²) in [6.07, 6.45) is 3.76. The van der Waals surface area contributed by atoms with Crippen LogP contribution in [0.4, 0.5) is 5.69 Å². The van der Waals surface area contributed by atoms with Crippen molar-refractivity contribution in [3.05, 3.63) is 59.7 Å². The first-order valence-electron chi connectivity index (χ1n) is 9.44. The maximum Gasteiger partial charge on any atom is 0.331 e. The van der Waals surface area contributed by atoms with E-state index >= 15 is 0 Å². The van der Waals surface area contributed by atoms with E-state index in [9.17, 15) is 9.59 Å². The summed E-state index contributed by atoms with van der Waals surface area (Å²) in [5.74, 6) is 0.373. The van der Waals surface area contributed by atoms with Crippen LogP contribution in [-0.4, -0.2) is 32.7 Å². The van der Waals surface area contributed by atoms with E-state index in [1.165, 1.54) is 20.3 Å². The topological polar surface area (TPSA) is 73.9 Å². The number of hydrogen-bond donors (Lipinski definition) is 1. The van der Waals surface area contributed by atoms with E-state index in [1.54, 1.807) is 24.3 Å². The average Bonchev–Trinajstić information content (AvgIpc) is 2.75. The quantitative estimate of drug-likeness (QED) is 0.501. The molecule has 0 saturated heterocycles. The number of methoxy groups -OCH3 is 2. The molecule has 0 fully saturated rings. The van der Waals surface area contributed by atoms with Crippen molar-refractivity contribution in [2.45, 2.75) is 26.2 Å². The van der Waals surface area contributed by atoms with Gasteiger partial charge in [0.05, 0.1) is 14.2 Å². The van der Waals surface area contributed by atoms with Gasteiger partial charge in [-0.05, 0) is 36.1 Å². The Labute approximate surface area is 171 Å². The molecule has 0 unspecified atom stereocenters. The number of ether oxygens (including phenoxy) is 3. The van der Waals surface area contributed by atoms with Crippen molar-refractivity contribution < 1.29 is 23.8 Å². The standard InChI is InChI=1S/C23H27NO5/c1-5-16(2)18-10-6-7-11-19(18)24-21(25)15-29-22(26)14-13-17-9-8-12-20(27-3)23(17)28-4/h6-14,16H,5,15H2,1-4H3,(H,24,25)/b14-13+/t16-/m1/s1. The van der Waals surface area contributed by atoms with Crippen molar-refractivity contribution >= 4 is 23.6 Å². The van der Waals surface area contributed by atoms with Crippen LogP contribution in [0, 0.1) is 0 Å². The average molecular weight is 397 g/mol. The van der Waals surface area contributed by atoms with Gasteiger partial charge in [0.25, 0.3) is 5.91 Å². The highest BCUT2D eigenvalue weighted by Gasteiger charge is 2.12. The Bertz CT molecular complexity index is 875. The zero-order valence-corrected chi connectivity index (χ0v) is 17.2. The number of nitrogens with one attached hydrogen (secondary N) is 1. The fourth-order valence-electron chi connectivity index (χ4n) is 2.83. The molecule has 0 aliphatic rings. The monoisotopic (exact) mass is 397 g/mol. The van der Waals surface area contributed by atoms with Crippen LogP contribution in [0.5, 0.6) is 11.5 Å². The van der Waals surface area contributed by atoms with E-state index < -0.39 is 5.97 Å². The molecule has 2 aromatic carbocycles. The van der Waals surface area contributed by atoms with Crippen molar-refractivity contribution in [3.8, 4) is 11.5 Å². The van der Waals surface area contributed by atoms with Crippen LogP contribution in [0.15, 0.2) is 48.5 Å². The predicted molar refractivity (Wildman–Crippen MR) is 113 cm³/mol. The lowest BCUT2D eigenvalue weighted by Gasteiger charge is -2.15. The normalized spacial score (nSPS) is 11.7. The molecular formula is C23H27NO5. The molecule has 2 rings (SSSR count). The van der Waals surface area contributed by atoms with Gasteiger partial charge in [-0.3, -0.25) is 4.79 Å². The van der Waals surface area contributed by atoms with Gasteiger partial charge in [0.2, 0.25) is 0 Å². The van der Waals surface area contributed by atoms with Crippen LogP contribution in [0.25, 0.3) is 6.08 Å². The SMILES string of the molecule is CC[C@@H](C)c1ccccc1NC(=O)COC(=O)/C=C/c1cccc(OC)c1OC. The largest absolute Gasteiger partial charge is 0.493 e. The second-order valence-electron chi connectivity index (χ2n) is 6.47. The molecule has 1 amide bonds. The molecule has 0 saturated carbocycles. The molecule has 1 atom stereocenters. The van der Waals surface area contributed by atoms with E-state index in [0.717, 1.165) is 17.7 Å². The fourth-order valence-corrected chi connectivity index (χ4v) is 2.83. The molecule has 0 spiro atoms. The van der Waals surface area contributed by atoms with Crippen LogP contribution in [0.3, 0.4) is 0 Å². The van der Waals surface area contributed by atoms with E-state index in [2.05, 4.69) is 19.2 Å². The zero-order valence-electron chi connectivity index (χ0n) is 17.2. The van der Waals surface area contributed by atoms with Crippen LogP contribution in [0.1, 0.15) is 37.3 Å². The molecule has 0 radical (unpaired) electrons. The lowest BCUT2D eigenvalue weighted by molar-refractivity contribution is -0.142. The number of carbonyl (C=O) groups excluding carboxylic acids is 2. The van der Waals surface area contributed by atoms with Gasteiger partial charge in [0.15, 0.2) is 18.1 Å². The third kappa shape index (κ3) is 6.10. The number of anilines is 1. The molecule has 0 heterocycles. The summed E-state index contributed by atoms with van der Waals surface area (Å²) in [6.45, 7) is 3.82. The Hall–Kier alpha value is -3.28. The summed E-state index contributed by atoms with van der Waals surface area (Å²) in [6, 6.07) is 13.0. The molecule has 1 N–H and O–H groups in total. The lowest BCUT2D eigenvalue weighted by atomic mass is 9.97. The summed E-state index contributed by atoms with van der Waals surface area (Å²) in [5, 5.41) is 2.81. The van der Waals surface area contributed by atoms with E-state index in [4.69, 9.17) is 14.2 Å². The smallest absolute Gasteiger partial charge is 0.331 e. The first kappa shape index (κ1) is 22.0. The number of benzene rings is 2. The predicted octanol–water partition coefficient (Wildman–Crippen LogP) is 4.41. The van der Waals surface area contributed by atoms with Crippen LogP contribution in [-0.2, 0) is 14.3 Å². The highest BCUT2D eigenvalue weighted by Crippen LogP contribution is 2.31. The summed E-state index contributed by atoms with van der Waals surface area (Å²) >= 11 is 0. The zero-order chi connectivity index (χ0) is 21.2. The van der Waals surface area contributed by atoms with Crippen LogP contribution < -0.4 is 14.8 Å². The highest BCUT2D eigenvalue weighted by molar-refractivity contribution is 5.95. The molecule has 0 aliphatic heterocycles. The Kier molecular flexibility index (Phi) is 8.27. The molecule has 6 nitrogen and oxygen atoms in total. The maximum atomic E-state index is 12.2. The van der Waals surface area contributed by atoms with E-state index in [1.807, 2.05) is 24.3 Å². The van der Waals surface area contributed by atoms with Gasteiger partial charge < -0.3 is 19.5 Å². The molecule has 29 heavy (non-hydrogen) atoms. The Balaban J connectivity index is 1.95. The third-order valence-corrected chi connectivity index (χ3v) is 4.56. The van der Waals surface area contributed by atoms with Crippen molar-refractivity contribution in [3.63, 3.8) is 0 Å². The fraction of sp³-hybridized carbons (Fsp3) is 0.304. The minimum Gasteiger partial charge on any atom is -0.493 e. The summed E-state index contributed by atoms with van der Waals surface area (Å²) in [4.78, 5) is 24.2. The maximum absolute atomic E-state index is 12.2. The minimum absolute atomic E-state index is 0.315. The van der Waals surface area contributed by atoms with Crippen LogP contribution in [0.2, 0.25) is 0 Å². The number of amides is 1. The first-order valence-corrected chi connectivity index (χ1v) is 9.44. The van der Waals surface area contributed by atoms with Crippen molar-refractivity contribution in [1.82, 2.24) is 0 Å². The lowest BCUT2D eigenvalue weighted by Crippen LogP contribution is -2.21. The van der Waals surface area contributed by atoms with E-state index in [0.29, 0.717) is 23.0 Å². The summed E-state index contributed by atoms with van der Waals surface area (Å²) < 4.78 is 15.6. The highest BCUT2D eigenvalue weighted by atomic mass is 16.5. The molecule has 6 heteroatoms. The number of rotatable bonds is 9. The Morgan fingerprint density at radius 2 is 1.83 bits per heavy atom. The molecule has 154 valence electrons. The Morgan fingerprint density at radius 3 is 2.52 bits per heavy atom. The second kappa shape index (κ2) is 10.9. The number of esters is 1. The number of carbonyl (C=O) groups is 2. The van der Waals surface area contributed by atoms with Crippen LogP contribution >= 0.6 is 0 Å². The van der Waals surface area contributed by atoms with Gasteiger partial charge in [0, 0.05) is 17.3 Å². The molecular weight excluding hydrogens is 370 g/mol. The molecule has 0 aromatic heterocycles. The molecule has 0 aliphatic carbocycles. The summed E-state index contributed by atoms with van der Waals surface area (Å²) in [7, 11) is 3.06. The van der Waals surface area contributed by atoms with Crippen molar-refractivity contribution in [2.75, 3.05) is 26.1 Å². The first-order chi connectivity index (χ1) is 14.0. The van der Waals surface area contributed by atoms with Gasteiger partial charge in [-0.1, -0.05) is 44.2 Å². The molecule has 0 bridgehead atoms. The minimum atomic E-state index is -0.625. The number of para-hydroxylation sites is 2. The van der Waals surface area contributed by atoms with Crippen molar-refractivity contribution in [1.29, 1.82) is 0 Å². The van der Waals surface area contributed by atoms with Gasteiger partial charge >= 0.3 is 5.97 Å². The van der Waals surface area contributed by atoms with Gasteiger partial charge in [-0.2, -0.15) is 0 Å². The molecule has 2 aromatic rings. The van der Waals surface area contributed by atoms with Gasteiger partial charge in [-0.15, -0.1) is 0 Å². The van der Waals surface area contributed by atoms with Crippen molar-refractivity contribution in [2.24, 2.45) is 0 Å². The number of hydrogen-bond acceptors (Lipinski definition) is 5.